The smallest absolute Gasteiger partial charge is 0.245 e. The summed E-state index contributed by atoms with van der Waals surface area (Å²) in [6.45, 7) is 2.75. The van der Waals surface area contributed by atoms with Crippen molar-refractivity contribution in [3.63, 3.8) is 0 Å². The van der Waals surface area contributed by atoms with Crippen LogP contribution in [0.25, 0.3) is 0 Å². The molecule has 0 spiro atoms. The molecule has 1 aromatic heterocycles. The minimum atomic E-state index is 0.175. The molecule has 2 aromatic rings. The summed E-state index contributed by atoms with van der Waals surface area (Å²) in [5, 5.41) is 7.29. The maximum Gasteiger partial charge on any atom is 0.245 e. The zero-order chi connectivity index (χ0) is 11.7. The number of aromatic nitrogens is 2. The maximum absolute atomic E-state index is 5.23. The first kappa shape index (κ1) is 10.3. The average Bonchev–Trinajstić information content (AvgIpc) is 2.94. The van der Waals surface area contributed by atoms with Crippen molar-refractivity contribution in [1.29, 1.82) is 0 Å². The Balaban J connectivity index is 1.64. The molecule has 0 bridgehead atoms. The van der Waals surface area contributed by atoms with E-state index in [9.17, 15) is 0 Å². The van der Waals surface area contributed by atoms with Crippen LogP contribution in [-0.4, -0.2) is 10.1 Å². The van der Waals surface area contributed by atoms with Crippen LogP contribution in [0, 0.1) is 0 Å². The maximum atomic E-state index is 5.23. The van der Waals surface area contributed by atoms with E-state index in [4.69, 9.17) is 4.52 Å². The van der Waals surface area contributed by atoms with Gasteiger partial charge in [-0.1, -0.05) is 30.3 Å². The van der Waals surface area contributed by atoms with Gasteiger partial charge in [0.05, 0.1) is 6.54 Å². The zero-order valence-electron chi connectivity index (χ0n) is 9.81. The summed E-state index contributed by atoms with van der Waals surface area (Å²) in [5.41, 5.74) is 1.24. The van der Waals surface area contributed by atoms with Gasteiger partial charge in [0.1, 0.15) is 0 Å². The number of nitrogens with zero attached hydrogens (tertiary/aromatic N) is 2. The summed E-state index contributed by atoms with van der Waals surface area (Å²) in [7, 11) is 0. The normalized spacial score (nSPS) is 16.8. The summed E-state index contributed by atoms with van der Waals surface area (Å²) in [4.78, 5) is 4.42. The first-order valence-electron chi connectivity index (χ1n) is 5.88. The van der Waals surface area contributed by atoms with Gasteiger partial charge in [-0.2, -0.15) is 4.98 Å². The summed E-state index contributed by atoms with van der Waals surface area (Å²) in [6.07, 6.45) is 2.33. The highest BCUT2D eigenvalue weighted by Gasteiger charge is 2.43. The van der Waals surface area contributed by atoms with Gasteiger partial charge in [0.25, 0.3) is 0 Å². The molecule has 4 heteroatoms. The lowest BCUT2D eigenvalue weighted by atomic mass is 10.1. The Kier molecular flexibility index (Phi) is 2.35. The summed E-state index contributed by atoms with van der Waals surface area (Å²) in [6, 6.07) is 10.0. The number of para-hydroxylation sites is 1. The van der Waals surface area contributed by atoms with E-state index in [1.165, 1.54) is 0 Å². The van der Waals surface area contributed by atoms with E-state index in [1.54, 1.807) is 0 Å². The molecule has 3 rings (SSSR count). The van der Waals surface area contributed by atoms with Crippen molar-refractivity contribution in [1.82, 2.24) is 10.1 Å². The fraction of sp³-hybridized carbons (Fsp3) is 0.385. The molecule has 0 radical (unpaired) electrons. The van der Waals surface area contributed by atoms with Gasteiger partial charge < -0.3 is 9.84 Å². The highest BCUT2D eigenvalue weighted by atomic mass is 16.5. The van der Waals surface area contributed by atoms with Gasteiger partial charge in [-0.05, 0) is 25.0 Å². The van der Waals surface area contributed by atoms with Gasteiger partial charge in [-0.3, -0.25) is 0 Å². The van der Waals surface area contributed by atoms with E-state index in [-0.39, 0.29) is 5.41 Å². The van der Waals surface area contributed by atoms with Crippen LogP contribution >= 0.6 is 0 Å². The van der Waals surface area contributed by atoms with Crippen LogP contribution in [0.4, 0.5) is 5.69 Å². The van der Waals surface area contributed by atoms with Crippen LogP contribution in [0.5, 0.6) is 0 Å². The largest absolute Gasteiger partial charge is 0.376 e. The quantitative estimate of drug-likeness (QED) is 0.875. The molecule has 17 heavy (non-hydrogen) atoms. The van der Waals surface area contributed by atoms with Crippen LogP contribution < -0.4 is 5.32 Å². The molecule has 1 aromatic carbocycles. The van der Waals surface area contributed by atoms with Crippen LogP contribution in [0.2, 0.25) is 0 Å². The van der Waals surface area contributed by atoms with Gasteiger partial charge in [0.2, 0.25) is 5.89 Å². The second-order valence-electron chi connectivity index (χ2n) is 4.79. The first-order valence-corrected chi connectivity index (χ1v) is 5.88. The van der Waals surface area contributed by atoms with Crippen LogP contribution in [0.3, 0.4) is 0 Å². The number of anilines is 1. The Hall–Kier alpha value is -1.84. The number of hydrogen-bond donors (Lipinski definition) is 1. The van der Waals surface area contributed by atoms with Crippen molar-refractivity contribution < 1.29 is 4.52 Å². The molecule has 88 valence electrons. The molecular formula is C13H15N3O. The summed E-state index contributed by atoms with van der Waals surface area (Å²) in [5.74, 6) is 1.50. The molecule has 1 heterocycles. The van der Waals surface area contributed by atoms with E-state index in [0.717, 1.165) is 24.4 Å². The third-order valence-corrected chi connectivity index (χ3v) is 3.23. The summed E-state index contributed by atoms with van der Waals surface area (Å²) >= 11 is 0. The van der Waals surface area contributed by atoms with Crippen molar-refractivity contribution in [2.75, 3.05) is 5.32 Å². The minimum absolute atomic E-state index is 0.175. The second kappa shape index (κ2) is 3.87. The van der Waals surface area contributed by atoms with Crippen molar-refractivity contribution >= 4 is 5.69 Å². The minimum Gasteiger partial charge on any atom is -0.376 e. The van der Waals surface area contributed by atoms with Gasteiger partial charge >= 0.3 is 0 Å². The van der Waals surface area contributed by atoms with Gasteiger partial charge in [-0.25, -0.2) is 0 Å². The Morgan fingerprint density at radius 3 is 2.76 bits per heavy atom. The number of hydrogen-bond acceptors (Lipinski definition) is 4. The SMILES string of the molecule is CC1(c2noc(CNc3ccccc3)n2)CC1. The monoisotopic (exact) mass is 229 g/mol. The molecule has 1 fully saturated rings. The van der Waals surface area contributed by atoms with E-state index in [0.29, 0.717) is 12.4 Å². The van der Waals surface area contributed by atoms with E-state index in [2.05, 4.69) is 22.4 Å². The topological polar surface area (TPSA) is 51.0 Å². The third-order valence-electron chi connectivity index (χ3n) is 3.23. The lowest BCUT2D eigenvalue weighted by Gasteiger charge is -2.01. The fourth-order valence-electron chi connectivity index (χ4n) is 1.72. The first-order chi connectivity index (χ1) is 8.26. The van der Waals surface area contributed by atoms with Gasteiger partial charge in [0, 0.05) is 11.1 Å². The third kappa shape index (κ3) is 2.16. The standard InChI is InChI=1S/C13H15N3O/c1-13(7-8-13)12-15-11(17-16-12)9-14-10-5-3-2-4-6-10/h2-6,14H,7-9H2,1H3. The second-order valence-corrected chi connectivity index (χ2v) is 4.79. The lowest BCUT2D eigenvalue weighted by Crippen LogP contribution is -2.04. The Labute approximate surface area is 100 Å². The fourth-order valence-corrected chi connectivity index (χ4v) is 1.72. The van der Waals surface area contributed by atoms with E-state index >= 15 is 0 Å². The van der Waals surface area contributed by atoms with Gasteiger partial charge in [0.15, 0.2) is 5.82 Å². The average molecular weight is 229 g/mol. The highest BCUT2D eigenvalue weighted by molar-refractivity contribution is 5.42. The van der Waals surface area contributed by atoms with Gasteiger partial charge in [-0.15, -0.1) is 0 Å². The molecule has 0 aliphatic heterocycles. The molecule has 0 unspecified atom stereocenters. The lowest BCUT2D eigenvalue weighted by molar-refractivity contribution is 0.374. The Morgan fingerprint density at radius 2 is 2.06 bits per heavy atom. The van der Waals surface area contributed by atoms with E-state index < -0.39 is 0 Å². The highest BCUT2D eigenvalue weighted by Crippen LogP contribution is 2.45. The predicted octanol–water partition coefficient (Wildman–Crippen LogP) is 2.73. The molecule has 1 saturated carbocycles. The van der Waals surface area contributed by atoms with Crippen molar-refractivity contribution in [3.8, 4) is 0 Å². The predicted molar refractivity (Wildman–Crippen MR) is 64.7 cm³/mol. The zero-order valence-corrected chi connectivity index (χ0v) is 9.81. The van der Waals surface area contributed by atoms with Crippen LogP contribution in [0.1, 0.15) is 31.5 Å². The Bertz CT molecular complexity index is 502. The molecule has 1 aliphatic rings. The molecule has 1 N–H and O–H groups in total. The number of nitrogens with one attached hydrogen (secondary N) is 1. The van der Waals surface area contributed by atoms with Crippen molar-refractivity contribution in [2.45, 2.75) is 31.7 Å². The van der Waals surface area contributed by atoms with Crippen molar-refractivity contribution in [2.24, 2.45) is 0 Å². The Morgan fingerprint density at radius 1 is 1.29 bits per heavy atom. The van der Waals surface area contributed by atoms with E-state index in [1.807, 2.05) is 30.3 Å². The molecular weight excluding hydrogens is 214 g/mol. The molecule has 0 amide bonds. The van der Waals surface area contributed by atoms with Crippen molar-refractivity contribution in [3.05, 3.63) is 42.0 Å². The van der Waals surface area contributed by atoms with Crippen LogP contribution in [-0.2, 0) is 12.0 Å². The number of benzene rings is 1. The van der Waals surface area contributed by atoms with Crippen LogP contribution in [0.15, 0.2) is 34.9 Å². The summed E-state index contributed by atoms with van der Waals surface area (Å²) < 4.78 is 5.23. The molecule has 0 saturated heterocycles. The molecule has 4 nitrogen and oxygen atoms in total. The number of rotatable bonds is 4. The molecule has 0 atom stereocenters. The molecule has 1 aliphatic carbocycles.